The van der Waals surface area contributed by atoms with Crippen molar-refractivity contribution in [1.82, 2.24) is 9.97 Å². The number of benzene rings is 7. The molecule has 1 aliphatic rings. The second-order valence-corrected chi connectivity index (χ2v) is 13.8. The van der Waals surface area contributed by atoms with Crippen molar-refractivity contribution >= 4 is 32.7 Å². The third-order valence-electron chi connectivity index (χ3n) is 10.5. The van der Waals surface area contributed by atoms with E-state index in [1.54, 1.807) is 0 Å². The van der Waals surface area contributed by atoms with Crippen LogP contribution in [0.3, 0.4) is 0 Å². The molecule has 3 nitrogen and oxygen atoms in total. The molecule has 0 fully saturated rings. The highest BCUT2D eigenvalue weighted by Crippen LogP contribution is 2.53. The molecule has 10 rings (SSSR count). The van der Waals surface area contributed by atoms with Gasteiger partial charge in [-0.1, -0.05) is 141 Å². The minimum absolute atomic E-state index is 0.137. The zero-order valence-electron chi connectivity index (χ0n) is 27.8. The molecule has 1 aliphatic carbocycles. The molecule has 9 aromatic rings. The van der Waals surface area contributed by atoms with Gasteiger partial charge in [-0.25, -0.2) is 9.97 Å². The fraction of sp³-hybridized carbons (Fsp3) is 0.0638. The summed E-state index contributed by atoms with van der Waals surface area (Å²) in [6, 6.07) is 55.8. The maximum atomic E-state index is 6.19. The number of furan rings is 1. The van der Waals surface area contributed by atoms with Gasteiger partial charge in [0.1, 0.15) is 11.2 Å². The van der Waals surface area contributed by atoms with Crippen molar-refractivity contribution in [1.29, 1.82) is 0 Å². The number of fused-ring (bicyclic) bond motifs is 7. The summed E-state index contributed by atoms with van der Waals surface area (Å²) in [6.45, 7) is 4.68. The van der Waals surface area contributed by atoms with Crippen molar-refractivity contribution in [3.8, 4) is 56.2 Å². The van der Waals surface area contributed by atoms with E-state index in [-0.39, 0.29) is 5.41 Å². The molecule has 7 aromatic carbocycles. The van der Waals surface area contributed by atoms with Crippen molar-refractivity contribution in [2.75, 3.05) is 0 Å². The van der Waals surface area contributed by atoms with Crippen LogP contribution in [-0.4, -0.2) is 9.97 Å². The van der Waals surface area contributed by atoms with Gasteiger partial charge in [0.05, 0.1) is 11.4 Å². The van der Waals surface area contributed by atoms with Crippen molar-refractivity contribution < 1.29 is 4.42 Å². The Balaban J connectivity index is 1.14. The molecule has 0 aliphatic heterocycles. The van der Waals surface area contributed by atoms with Gasteiger partial charge in [0.2, 0.25) is 0 Å². The van der Waals surface area contributed by atoms with Gasteiger partial charge in [0.15, 0.2) is 5.82 Å². The van der Waals surface area contributed by atoms with E-state index in [1.807, 2.05) is 36.4 Å². The minimum Gasteiger partial charge on any atom is -0.456 e. The van der Waals surface area contributed by atoms with E-state index < -0.39 is 0 Å². The first kappa shape index (κ1) is 28.7. The van der Waals surface area contributed by atoms with Gasteiger partial charge >= 0.3 is 0 Å². The van der Waals surface area contributed by atoms with Crippen LogP contribution in [0, 0.1) is 0 Å². The predicted molar refractivity (Wildman–Crippen MR) is 206 cm³/mol. The molecular weight excluding hydrogens is 609 g/mol. The number of para-hydroxylation sites is 1. The van der Waals surface area contributed by atoms with Crippen LogP contribution in [0.15, 0.2) is 162 Å². The molecular formula is C47H32N2O. The normalized spacial score (nSPS) is 13.2. The lowest BCUT2D eigenvalue weighted by atomic mass is 9.81. The zero-order chi connectivity index (χ0) is 33.4. The first-order valence-electron chi connectivity index (χ1n) is 17.2. The summed E-state index contributed by atoms with van der Waals surface area (Å²) >= 11 is 0. The van der Waals surface area contributed by atoms with Crippen LogP contribution < -0.4 is 0 Å². The second-order valence-electron chi connectivity index (χ2n) is 13.8. The Morgan fingerprint density at radius 2 is 1.12 bits per heavy atom. The SMILES string of the molecule is CC1(C)c2cc3ccccc3cc2-c2c(-c3cc(-c4ccc(-c5cccc6oc7ccccc7c56)cc4)nc(-c4ccccc4)n3)cccc21. The molecule has 3 heteroatoms. The maximum Gasteiger partial charge on any atom is 0.160 e. The van der Waals surface area contributed by atoms with Crippen molar-refractivity contribution in [2.45, 2.75) is 19.3 Å². The summed E-state index contributed by atoms with van der Waals surface area (Å²) in [5.41, 5.74) is 14.1. The number of hydrogen-bond acceptors (Lipinski definition) is 3. The van der Waals surface area contributed by atoms with E-state index in [0.29, 0.717) is 5.82 Å². The molecule has 236 valence electrons. The van der Waals surface area contributed by atoms with Gasteiger partial charge in [-0.05, 0) is 74.5 Å². The molecule has 0 atom stereocenters. The molecule has 2 heterocycles. The van der Waals surface area contributed by atoms with Gasteiger partial charge in [0, 0.05) is 32.9 Å². The molecule has 0 saturated heterocycles. The highest BCUT2D eigenvalue weighted by atomic mass is 16.3. The van der Waals surface area contributed by atoms with Gasteiger partial charge in [-0.3, -0.25) is 0 Å². The lowest BCUT2D eigenvalue weighted by molar-refractivity contribution is 0.661. The van der Waals surface area contributed by atoms with Gasteiger partial charge in [0.25, 0.3) is 0 Å². The first-order valence-corrected chi connectivity index (χ1v) is 17.2. The van der Waals surface area contributed by atoms with Crippen LogP contribution in [-0.2, 0) is 5.41 Å². The topological polar surface area (TPSA) is 38.9 Å². The average molecular weight is 641 g/mol. The van der Waals surface area contributed by atoms with Crippen molar-refractivity contribution in [2.24, 2.45) is 0 Å². The summed E-state index contributed by atoms with van der Waals surface area (Å²) in [4.78, 5) is 10.4. The minimum atomic E-state index is -0.137. The van der Waals surface area contributed by atoms with Gasteiger partial charge < -0.3 is 4.42 Å². The smallest absolute Gasteiger partial charge is 0.160 e. The Morgan fingerprint density at radius 3 is 1.96 bits per heavy atom. The molecule has 0 amide bonds. The van der Waals surface area contributed by atoms with E-state index in [4.69, 9.17) is 14.4 Å². The summed E-state index contributed by atoms with van der Waals surface area (Å²) in [5.74, 6) is 0.713. The van der Waals surface area contributed by atoms with E-state index in [9.17, 15) is 0 Å². The quantitative estimate of drug-likeness (QED) is 0.192. The Hall–Kier alpha value is -6.32. The summed E-state index contributed by atoms with van der Waals surface area (Å²) < 4.78 is 6.19. The van der Waals surface area contributed by atoms with Crippen LogP contribution in [0.2, 0.25) is 0 Å². The molecule has 50 heavy (non-hydrogen) atoms. The third kappa shape index (κ3) is 4.37. The lowest BCUT2D eigenvalue weighted by Gasteiger charge is -2.22. The van der Waals surface area contributed by atoms with E-state index in [2.05, 4.69) is 135 Å². The van der Waals surface area contributed by atoms with Crippen molar-refractivity contribution in [3.63, 3.8) is 0 Å². The Bertz CT molecular complexity index is 2770. The van der Waals surface area contributed by atoms with E-state index in [1.165, 1.54) is 33.0 Å². The van der Waals surface area contributed by atoms with Crippen molar-refractivity contribution in [3.05, 3.63) is 169 Å². The van der Waals surface area contributed by atoms with E-state index in [0.717, 1.165) is 61.1 Å². The fourth-order valence-electron chi connectivity index (χ4n) is 7.97. The van der Waals surface area contributed by atoms with Crippen LogP contribution in [0.1, 0.15) is 25.0 Å². The monoisotopic (exact) mass is 640 g/mol. The fourth-order valence-corrected chi connectivity index (χ4v) is 7.97. The molecule has 0 unspecified atom stereocenters. The van der Waals surface area contributed by atoms with Crippen LogP contribution in [0.25, 0.3) is 88.9 Å². The second kappa shape index (κ2) is 10.8. The highest BCUT2D eigenvalue weighted by Gasteiger charge is 2.37. The lowest BCUT2D eigenvalue weighted by Crippen LogP contribution is -2.14. The largest absolute Gasteiger partial charge is 0.456 e. The van der Waals surface area contributed by atoms with Crippen LogP contribution in [0.5, 0.6) is 0 Å². The molecule has 0 saturated carbocycles. The standard InChI is InChI=1S/C47H32N2O/c1-47(2)38-19-10-18-35(44(38)37-26-32-14-6-7-15-33(32)27-39(37)47)41-28-40(48-46(49-41)31-12-4-3-5-13-31)30-24-22-29(23-25-30)34-17-11-21-43-45(34)36-16-8-9-20-42(36)50-43/h3-28H,1-2H3. The predicted octanol–water partition coefficient (Wildman–Crippen LogP) is 12.5. The number of rotatable bonds is 4. The summed E-state index contributed by atoms with van der Waals surface area (Å²) in [5, 5.41) is 4.78. The Morgan fingerprint density at radius 1 is 0.460 bits per heavy atom. The number of nitrogens with zero attached hydrogens (tertiary/aromatic N) is 2. The van der Waals surface area contributed by atoms with Crippen LogP contribution in [0.4, 0.5) is 0 Å². The van der Waals surface area contributed by atoms with E-state index >= 15 is 0 Å². The van der Waals surface area contributed by atoms with Crippen LogP contribution >= 0.6 is 0 Å². The Kier molecular flexibility index (Phi) is 6.22. The summed E-state index contributed by atoms with van der Waals surface area (Å²) in [7, 11) is 0. The zero-order valence-corrected chi connectivity index (χ0v) is 27.8. The van der Waals surface area contributed by atoms with Gasteiger partial charge in [-0.15, -0.1) is 0 Å². The molecule has 0 radical (unpaired) electrons. The maximum absolute atomic E-state index is 6.19. The summed E-state index contributed by atoms with van der Waals surface area (Å²) in [6.07, 6.45) is 0. The van der Waals surface area contributed by atoms with Gasteiger partial charge in [-0.2, -0.15) is 0 Å². The first-order chi connectivity index (χ1) is 24.5. The molecule has 0 bridgehead atoms. The Labute approximate surface area is 290 Å². The molecule has 2 aromatic heterocycles. The molecule has 0 N–H and O–H groups in total. The third-order valence-corrected chi connectivity index (χ3v) is 10.5. The average Bonchev–Trinajstić information content (AvgIpc) is 3.66. The molecule has 0 spiro atoms. The number of hydrogen-bond donors (Lipinski definition) is 0. The number of aromatic nitrogens is 2. The highest BCUT2D eigenvalue weighted by molar-refractivity contribution is 6.12.